The van der Waals surface area contributed by atoms with Crippen LogP contribution < -0.4 is 5.32 Å². The molecule has 8 heteroatoms. The van der Waals surface area contributed by atoms with Crippen LogP contribution in [0.25, 0.3) is 31.5 Å². The summed E-state index contributed by atoms with van der Waals surface area (Å²) in [6.45, 7) is 1.98. The van der Waals surface area contributed by atoms with Gasteiger partial charge in [0.2, 0.25) is 0 Å². The first kappa shape index (κ1) is 15.3. The van der Waals surface area contributed by atoms with Crippen molar-refractivity contribution in [3.63, 3.8) is 0 Å². The van der Waals surface area contributed by atoms with Crippen LogP contribution in [0, 0.1) is 6.92 Å². The molecule has 0 bridgehead atoms. The number of hydrogen-bond acceptors (Lipinski definition) is 7. The Morgan fingerprint density at radius 2 is 1.81 bits per heavy atom. The predicted molar refractivity (Wildman–Crippen MR) is 105 cm³/mol. The van der Waals surface area contributed by atoms with Gasteiger partial charge in [0, 0.05) is 0 Å². The van der Waals surface area contributed by atoms with E-state index in [2.05, 4.69) is 25.3 Å². The molecular formula is C18H11N5OS2. The highest BCUT2D eigenvalue weighted by Gasteiger charge is 2.15. The van der Waals surface area contributed by atoms with Crippen molar-refractivity contribution in [2.24, 2.45) is 0 Å². The summed E-state index contributed by atoms with van der Waals surface area (Å²) >= 11 is 3.07. The number of aryl methyl sites for hydroxylation is 1. The highest BCUT2D eigenvalue weighted by Crippen LogP contribution is 2.34. The maximum absolute atomic E-state index is 12.5. The van der Waals surface area contributed by atoms with E-state index >= 15 is 0 Å². The number of amides is 1. The van der Waals surface area contributed by atoms with Crippen molar-refractivity contribution < 1.29 is 4.79 Å². The number of anilines is 1. The largest absolute Gasteiger partial charge is 0.296 e. The number of nitrogens with zero attached hydrogens (tertiary/aromatic N) is 4. The molecular weight excluding hydrogens is 366 g/mol. The van der Waals surface area contributed by atoms with Crippen LogP contribution in [0.15, 0.2) is 42.6 Å². The Labute approximate surface area is 155 Å². The summed E-state index contributed by atoms with van der Waals surface area (Å²) < 4.78 is 2.10. The van der Waals surface area contributed by atoms with Gasteiger partial charge < -0.3 is 0 Å². The van der Waals surface area contributed by atoms with Crippen molar-refractivity contribution in [1.82, 2.24) is 19.9 Å². The highest BCUT2D eigenvalue weighted by molar-refractivity contribution is 7.24. The SMILES string of the molecule is Cc1nc2c(ccc3nc(NC(=O)c4cnc5ccccc5n4)sc32)s1. The number of benzene rings is 2. The van der Waals surface area contributed by atoms with Gasteiger partial charge in [-0.3, -0.25) is 15.1 Å². The summed E-state index contributed by atoms with van der Waals surface area (Å²) in [4.78, 5) is 30.3. The molecule has 5 rings (SSSR count). The molecule has 0 unspecified atom stereocenters. The second-order valence-corrected chi connectivity index (χ2v) is 7.94. The average molecular weight is 377 g/mol. The Balaban J connectivity index is 1.51. The molecule has 0 aliphatic heterocycles. The van der Waals surface area contributed by atoms with Crippen molar-refractivity contribution in [3.8, 4) is 0 Å². The Kier molecular flexibility index (Phi) is 3.41. The molecule has 3 heterocycles. The van der Waals surface area contributed by atoms with Crippen molar-refractivity contribution in [2.45, 2.75) is 6.92 Å². The van der Waals surface area contributed by atoms with Crippen molar-refractivity contribution in [3.05, 3.63) is 53.3 Å². The van der Waals surface area contributed by atoms with Crippen LogP contribution in [-0.2, 0) is 0 Å². The quantitative estimate of drug-likeness (QED) is 0.493. The number of aromatic nitrogens is 4. The molecule has 0 radical (unpaired) electrons. The minimum Gasteiger partial charge on any atom is -0.296 e. The summed E-state index contributed by atoms with van der Waals surface area (Å²) in [5.74, 6) is -0.326. The third-order valence-corrected chi connectivity index (χ3v) is 5.85. The van der Waals surface area contributed by atoms with E-state index in [1.165, 1.54) is 17.5 Å². The van der Waals surface area contributed by atoms with Gasteiger partial charge in [0.05, 0.1) is 37.2 Å². The number of carbonyl (C=O) groups excluding carboxylic acids is 1. The predicted octanol–water partition coefficient (Wildman–Crippen LogP) is 4.41. The number of para-hydroxylation sites is 2. The van der Waals surface area contributed by atoms with Gasteiger partial charge in [-0.25, -0.2) is 15.0 Å². The van der Waals surface area contributed by atoms with E-state index in [1.54, 1.807) is 11.3 Å². The Morgan fingerprint density at radius 1 is 0.962 bits per heavy atom. The zero-order valence-corrected chi connectivity index (χ0v) is 15.2. The molecule has 126 valence electrons. The highest BCUT2D eigenvalue weighted by atomic mass is 32.1. The zero-order valence-electron chi connectivity index (χ0n) is 13.6. The molecule has 3 aromatic heterocycles. The van der Waals surface area contributed by atoms with Crippen LogP contribution in [0.5, 0.6) is 0 Å². The van der Waals surface area contributed by atoms with Gasteiger partial charge in [-0.2, -0.15) is 0 Å². The topological polar surface area (TPSA) is 80.7 Å². The van der Waals surface area contributed by atoms with E-state index in [0.29, 0.717) is 10.6 Å². The van der Waals surface area contributed by atoms with Gasteiger partial charge in [-0.15, -0.1) is 11.3 Å². The van der Waals surface area contributed by atoms with Crippen molar-refractivity contribution in [1.29, 1.82) is 0 Å². The smallest absolute Gasteiger partial charge is 0.277 e. The van der Waals surface area contributed by atoms with E-state index in [9.17, 15) is 4.79 Å². The third-order valence-electron chi connectivity index (χ3n) is 3.92. The fourth-order valence-corrected chi connectivity index (χ4v) is 4.62. The maximum Gasteiger partial charge on any atom is 0.277 e. The number of nitrogens with one attached hydrogen (secondary N) is 1. The van der Waals surface area contributed by atoms with Gasteiger partial charge in [0.15, 0.2) is 5.13 Å². The van der Waals surface area contributed by atoms with Gasteiger partial charge >= 0.3 is 0 Å². The van der Waals surface area contributed by atoms with Gasteiger partial charge in [-0.1, -0.05) is 23.5 Å². The van der Waals surface area contributed by atoms with Crippen LogP contribution >= 0.6 is 22.7 Å². The molecule has 0 atom stereocenters. The molecule has 0 aliphatic rings. The minimum absolute atomic E-state index is 0.262. The van der Waals surface area contributed by atoms with E-state index < -0.39 is 0 Å². The van der Waals surface area contributed by atoms with Crippen LogP contribution in [-0.4, -0.2) is 25.8 Å². The fraction of sp³-hybridized carbons (Fsp3) is 0.0556. The lowest BCUT2D eigenvalue weighted by molar-refractivity contribution is 0.102. The molecule has 0 saturated heterocycles. The molecule has 26 heavy (non-hydrogen) atoms. The normalized spacial score (nSPS) is 11.4. The molecule has 6 nitrogen and oxygen atoms in total. The lowest BCUT2D eigenvalue weighted by Gasteiger charge is -2.02. The van der Waals surface area contributed by atoms with Crippen LogP contribution in [0.3, 0.4) is 0 Å². The number of thiazole rings is 2. The molecule has 0 aliphatic carbocycles. The van der Waals surface area contributed by atoms with Crippen molar-refractivity contribution in [2.75, 3.05) is 5.32 Å². The second-order valence-electron chi connectivity index (χ2n) is 5.71. The monoisotopic (exact) mass is 377 g/mol. The number of fused-ring (bicyclic) bond motifs is 4. The lowest BCUT2D eigenvalue weighted by atomic mass is 10.3. The second kappa shape index (κ2) is 5.79. The summed E-state index contributed by atoms with van der Waals surface area (Å²) in [5, 5.41) is 4.36. The molecule has 0 saturated carbocycles. The maximum atomic E-state index is 12.5. The molecule has 0 fully saturated rings. The van der Waals surface area contributed by atoms with Gasteiger partial charge in [0.1, 0.15) is 11.2 Å². The van der Waals surface area contributed by atoms with Gasteiger partial charge in [-0.05, 0) is 31.2 Å². The van der Waals surface area contributed by atoms with E-state index in [1.807, 2.05) is 43.3 Å². The van der Waals surface area contributed by atoms with Crippen LogP contribution in [0.1, 0.15) is 15.5 Å². The summed E-state index contributed by atoms with van der Waals surface area (Å²) in [7, 11) is 0. The first-order valence-corrected chi connectivity index (χ1v) is 9.50. The Bertz CT molecular complexity index is 1310. The number of hydrogen-bond donors (Lipinski definition) is 1. The third kappa shape index (κ3) is 2.51. The van der Waals surface area contributed by atoms with Gasteiger partial charge in [0.25, 0.3) is 5.91 Å². The summed E-state index contributed by atoms with van der Waals surface area (Å²) in [6.07, 6.45) is 1.48. The Morgan fingerprint density at radius 3 is 2.69 bits per heavy atom. The molecule has 0 spiro atoms. The van der Waals surface area contributed by atoms with Crippen LogP contribution in [0.4, 0.5) is 5.13 Å². The minimum atomic E-state index is -0.326. The molecule has 5 aromatic rings. The standard InChI is InChI=1S/C18H11N5OS2/c1-9-20-15-14(25-9)7-6-12-16(15)26-18(22-12)23-17(24)13-8-19-10-4-2-3-5-11(10)21-13/h2-8H,1H3,(H,22,23,24). The van der Waals surface area contributed by atoms with E-state index in [-0.39, 0.29) is 11.6 Å². The van der Waals surface area contributed by atoms with Crippen molar-refractivity contribution >= 4 is 65.2 Å². The lowest BCUT2D eigenvalue weighted by Crippen LogP contribution is -2.13. The number of rotatable bonds is 2. The van der Waals surface area contributed by atoms with E-state index in [0.717, 1.165) is 31.0 Å². The number of carbonyl (C=O) groups is 1. The first-order valence-electron chi connectivity index (χ1n) is 7.87. The van der Waals surface area contributed by atoms with E-state index in [4.69, 9.17) is 0 Å². The molecule has 2 aromatic carbocycles. The first-order chi connectivity index (χ1) is 12.7. The zero-order chi connectivity index (χ0) is 17.7. The summed E-state index contributed by atoms with van der Waals surface area (Å²) in [6, 6.07) is 11.4. The summed E-state index contributed by atoms with van der Waals surface area (Å²) in [5.41, 5.74) is 3.47. The Hall–Kier alpha value is -2.97. The van der Waals surface area contributed by atoms with Crippen LogP contribution in [0.2, 0.25) is 0 Å². The molecule has 1 N–H and O–H groups in total. The molecule has 1 amide bonds. The fourth-order valence-electron chi connectivity index (χ4n) is 2.77. The average Bonchev–Trinajstić information content (AvgIpc) is 3.23.